The number of benzene rings is 4. The van der Waals surface area contributed by atoms with Crippen molar-refractivity contribution in [1.29, 1.82) is 0 Å². The fourth-order valence-electron chi connectivity index (χ4n) is 4.52. The van der Waals surface area contributed by atoms with Crippen LogP contribution in [0.3, 0.4) is 0 Å². The lowest BCUT2D eigenvalue weighted by Crippen LogP contribution is -2.05. The number of rotatable bonds is 14. The van der Waals surface area contributed by atoms with E-state index in [2.05, 4.69) is 6.07 Å². The van der Waals surface area contributed by atoms with Crippen LogP contribution in [0.15, 0.2) is 84.9 Å². The molecule has 4 aromatic carbocycles. The number of carbonyl (C=O) groups excluding carboxylic acids is 1. The Hall–Kier alpha value is -5.02. The Kier molecular flexibility index (Phi) is 9.99. The van der Waals surface area contributed by atoms with Crippen molar-refractivity contribution in [2.45, 2.75) is 6.42 Å². The molecule has 0 saturated heterocycles. The molecule has 0 amide bonds. The van der Waals surface area contributed by atoms with Crippen LogP contribution in [0.25, 0.3) is 26.9 Å². The summed E-state index contributed by atoms with van der Waals surface area (Å²) in [6.07, 6.45) is 3.88. The van der Waals surface area contributed by atoms with Crippen LogP contribution in [0, 0.1) is 0 Å². The highest BCUT2D eigenvalue weighted by Crippen LogP contribution is 2.38. The van der Waals surface area contributed by atoms with Gasteiger partial charge in [-0.3, -0.25) is 4.79 Å². The van der Waals surface area contributed by atoms with Gasteiger partial charge in [0.25, 0.3) is 0 Å². The van der Waals surface area contributed by atoms with E-state index in [0.717, 1.165) is 27.4 Å². The van der Waals surface area contributed by atoms with Crippen molar-refractivity contribution < 1.29 is 33.2 Å². The van der Waals surface area contributed by atoms with Gasteiger partial charge in [-0.05, 0) is 72.3 Å². The Morgan fingerprint density at radius 3 is 2.14 bits per heavy atom. The average Bonchev–Trinajstić information content (AvgIpc) is 3.51. The molecule has 0 unspecified atom stereocenters. The van der Waals surface area contributed by atoms with E-state index in [1.54, 1.807) is 36.7 Å². The quantitative estimate of drug-likeness (QED) is 0.0716. The molecule has 0 saturated carbocycles. The van der Waals surface area contributed by atoms with Gasteiger partial charge >= 0.3 is 0 Å². The largest absolute Gasteiger partial charge is 0.493 e. The summed E-state index contributed by atoms with van der Waals surface area (Å²) < 4.78 is 34.6. The molecule has 5 aromatic rings. The number of methoxy groups -OCH3 is 4. The van der Waals surface area contributed by atoms with Crippen molar-refractivity contribution in [1.82, 2.24) is 4.98 Å². The number of carbonyl (C=O) groups is 1. The molecule has 0 aliphatic carbocycles. The minimum absolute atomic E-state index is 0.215. The molecular weight excluding hydrogens is 578 g/mol. The lowest BCUT2D eigenvalue weighted by atomic mass is 10.1. The summed E-state index contributed by atoms with van der Waals surface area (Å²) in [6.45, 7) is 0.920. The molecule has 5 rings (SSSR count). The highest BCUT2D eigenvalue weighted by molar-refractivity contribution is 7.21. The Morgan fingerprint density at radius 1 is 0.750 bits per heavy atom. The molecule has 0 N–H and O–H groups in total. The number of fused-ring (bicyclic) bond motifs is 1. The van der Waals surface area contributed by atoms with Crippen molar-refractivity contribution in [3.63, 3.8) is 0 Å². The number of hydrogen-bond acceptors (Lipinski definition) is 9. The van der Waals surface area contributed by atoms with Gasteiger partial charge in [0, 0.05) is 17.5 Å². The fraction of sp³-hybridized carbons (Fsp3) is 0.200. The molecule has 0 spiro atoms. The number of ketones is 1. The fourth-order valence-corrected chi connectivity index (χ4v) is 5.49. The van der Waals surface area contributed by atoms with E-state index in [1.807, 2.05) is 60.7 Å². The lowest BCUT2D eigenvalue weighted by Gasteiger charge is -2.13. The van der Waals surface area contributed by atoms with E-state index in [-0.39, 0.29) is 5.78 Å². The van der Waals surface area contributed by atoms with Crippen LogP contribution in [0.5, 0.6) is 34.5 Å². The van der Waals surface area contributed by atoms with Crippen molar-refractivity contribution >= 4 is 33.4 Å². The molecule has 0 fully saturated rings. The third-order valence-electron chi connectivity index (χ3n) is 6.77. The number of aromatic nitrogens is 1. The van der Waals surface area contributed by atoms with Crippen LogP contribution in [-0.2, 0) is 0 Å². The number of para-hydroxylation sites is 1. The van der Waals surface area contributed by atoms with Gasteiger partial charge in [-0.1, -0.05) is 24.3 Å². The minimum atomic E-state index is -0.215. The maximum absolute atomic E-state index is 12.9. The predicted octanol–water partition coefficient (Wildman–Crippen LogP) is 7.74. The van der Waals surface area contributed by atoms with Crippen LogP contribution in [0.4, 0.5) is 0 Å². The molecule has 44 heavy (non-hydrogen) atoms. The molecular formula is C35H33NO7S. The second kappa shape index (κ2) is 14.4. The molecule has 9 heteroatoms. The highest BCUT2D eigenvalue weighted by atomic mass is 32.1. The van der Waals surface area contributed by atoms with Crippen molar-refractivity contribution in [3.8, 4) is 45.1 Å². The standard InChI is InChI=1S/C35H33NO7S/c1-38-29-17-11-23(10-16-28(37)25-21-31(39-2)34(41-4)32(22-25)40-3)20-30(29)43-19-7-18-42-26-14-12-24(13-15-26)35-36-27-8-5-6-9-33(27)44-35/h5-6,8-17,20-22H,7,18-19H2,1-4H3. The van der Waals surface area contributed by atoms with Gasteiger partial charge in [-0.15, -0.1) is 11.3 Å². The van der Waals surface area contributed by atoms with E-state index in [9.17, 15) is 4.79 Å². The zero-order chi connectivity index (χ0) is 30.9. The number of hydrogen-bond donors (Lipinski definition) is 0. The molecule has 1 heterocycles. The van der Waals surface area contributed by atoms with E-state index in [4.69, 9.17) is 33.4 Å². The zero-order valence-electron chi connectivity index (χ0n) is 25.0. The third kappa shape index (κ3) is 7.12. The maximum Gasteiger partial charge on any atom is 0.203 e. The van der Waals surface area contributed by atoms with Crippen LogP contribution >= 0.6 is 11.3 Å². The molecule has 0 atom stereocenters. The summed E-state index contributed by atoms with van der Waals surface area (Å²) in [5.74, 6) is 3.00. The molecule has 0 bridgehead atoms. The molecule has 226 valence electrons. The van der Waals surface area contributed by atoms with Crippen molar-refractivity contribution in [2.75, 3.05) is 41.7 Å². The third-order valence-corrected chi connectivity index (χ3v) is 7.86. The Labute approximate surface area is 260 Å². The minimum Gasteiger partial charge on any atom is -0.493 e. The normalized spacial score (nSPS) is 11.0. The van der Waals surface area contributed by atoms with Gasteiger partial charge in [0.15, 0.2) is 28.8 Å². The summed E-state index contributed by atoms with van der Waals surface area (Å²) in [4.78, 5) is 17.7. The van der Waals surface area contributed by atoms with Crippen LogP contribution in [-0.4, -0.2) is 52.4 Å². The Morgan fingerprint density at radius 2 is 1.45 bits per heavy atom. The highest BCUT2D eigenvalue weighted by Gasteiger charge is 2.16. The number of allylic oxidation sites excluding steroid dienone is 1. The first kappa shape index (κ1) is 30.4. The van der Waals surface area contributed by atoms with Gasteiger partial charge in [0.05, 0.1) is 51.9 Å². The van der Waals surface area contributed by atoms with Crippen LogP contribution < -0.4 is 28.4 Å². The lowest BCUT2D eigenvalue weighted by molar-refractivity contribution is 0.104. The smallest absolute Gasteiger partial charge is 0.203 e. The van der Waals surface area contributed by atoms with Gasteiger partial charge in [-0.25, -0.2) is 4.98 Å². The second-order valence-electron chi connectivity index (χ2n) is 9.58. The Bertz CT molecular complexity index is 1700. The summed E-state index contributed by atoms with van der Waals surface area (Å²) in [5.41, 5.74) is 3.27. The first-order valence-corrected chi connectivity index (χ1v) is 14.8. The molecule has 0 aliphatic heterocycles. The van der Waals surface area contributed by atoms with E-state index >= 15 is 0 Å². The number of thiazole rings is 1. The van der Waals surface area contributed by atoms with Gasteiger partial charge < -0.3 is 28.4 Å². The van der Waals surface area contributed by atoms with Crippen LogP contribution in [0.1, 0.15) is 22.3 Å². The molecule has 0 aliphatic rings. The summed E-state index contributed by atoms with van der Waals surface area (Å²) >= 11 is 1.68. The second-order valence-corrected chi connectivity index (χ2v) is 10.6. The summed E-state index contributed by atoms with van der Waals surface area (Å²) in [6, 6.07) is 24.8. The number of nitrogens with zero attached hydrogens (tertiary/aromatic N) is 1. The average molecular weight is 612 g/mol. The first-order valence-electron chi connectivity index (χ1n) is 13.9. The topological polar surface area (TPSA) is 85.3 Å². The number of ether oxygens (including phenoxy) is 6. The molecule has 0 radical (unpaired) electrons. The van der Waals surface area contributed by atoms with Gasteiger partial charge in [0.2, 0.25) is 5.75 Å². The van der Waals surface area contributed by atoms with Crippen molar-refractivity contribution in [3.05, 3.63) is 96.1 Å². The van der Waals surface area contributed by atoms with E-state index < -0.39 is 0 Å². The van der Waals surface area contributed by atoms with Crippen molar-refractivity contribution in [2.24, 2.45) is 0 Å². The SMILES string of the molecule is COc1ccc(C=CC(=O)c2cc(OC)c(OC)c(OC)c2)cc1OCCCOc1ccc(-c2nc3ccccc3s2)cc1. The zero-order valence-corrected chi connectivity index (χ0v) is 25.8. The van der Waals surface area contributed by atoms with E-state index in [1.165, 1.54) is 32.1 Å². The van der Waals surface area contributed by atoms with E-state index in [0.29, 0.717) is 53.9 Å². The maximum atomic E-state index is 12.9. The monoisotopic (exact) mass is 611 g/mol. The van der Waals surface area contributed by atoms with Crippen LogP contribution in [0.2, 0.25) is 0 Å². The first-order chi connectivity index (χ1) is 21.5. The molecule has 1 aromatic heterocycles. The molecule has 8 nitrogen and oxygen atoms in total. The van der Waals surface area contributed by atoms with Gasteiger partial charge in [0.1, 0.15) is 10.8 Å². The van der Waals surface area contributed by atoms with Gasteiger partial charge in [-0.2, -0.15) is 0 Å². The predicted molar refractivity (Wildman–Crippen MR) is 173 cm³/mol. The Balaban J connectivity index is 1.15. The summed E-state index contributed by atoms with van der Waals surface area (Å²) in [5, 5.41) is 0.989. The summed E-state index contributed by atoms with van der Waals surface area (Å²) in [7, 11) is 6.12.